The first-order valence-electron chi connectivity index (χ1n) is 4.62. The van der Waals surface area contributed by atoms with E-state index in [0.29, 0.717) is 5.02 Å². The third-order valence-corrected chi connectivity index (χ3v) is 2.12. The van der Waals surface area contributed by atoms with Crippen molar-refractivity contribution in [3.8, 4) is 0 Å². The summed E-state index contributed by atoms with van der Waals surface area (Å²) in [6.45, 7) is 2.85. The molecule has 0 unspecified atom stereocenters. The van der Waals surface area contributed by atoms with E-state index < -0.39 is 11.6 Å². The van der Waals surface area contributed by atoms with Crippen LogP contribution in [0.25, 0.3) is 0 Å². The summed E-state index contributed by atoms with van der Waals surface area (Å²) in [5, 5.41) is 13.0. The van der Waals surface area contributed by atoms with E-state index in [1.54, 1.807) is 24.3 Å². The van der Waals surface area contributed by atoms with Crippen molar-refractivity contribution in [3.05, 3.63) is 34.9 Å². The fourth-order valence-electron chi connectivity index (χ4n) is 0.807. The van der Waals surface area contributed by atoms with Crippen molar-refractivity contribution in [1.82, 2.24) is 0 Å². The normalized spacial score (nSPS) is 11.7. The highest BCUT2D eigenvalue weighted by atomic mass is 35.5. The maximum absolute atomic E-state index is 10.7. The Hall–Kier alpha value is -1.55. The van der Waals surface area contributed by atoms with Crippen LogP contribution in [0.3, 0.4) is 0 Å². The van der Waals surface area contributed by atoms with Gasteiger partial charge >= 0.3 is 5.97 Å². The van der Waals surface area contributed by atoms with Gasteiger partial charge in [-0.15, -0.1) is 0 Å². The Morgan fingerprint density at radius 1 is 1.44 bits per heavy atom. The summed E-state index contributed by atoms with van der Waals surface area (Å²) >= 11 is 5.71. The summed E-state index contributed by atoms with van der Waals surface area (Å²) in [6, 6.07) is 6.93. The molecule has 0 aromatic heterocycles. The number of hydrogen-bond donors (Lipinski definition) is 1. The number of rotatable bonds is 4. The smallest absolute Gasteiger partial charge is 0.350 e. The highest BCUT2D eigenvalue weighted by molar-refractivity contribution is 6.30. The number of oxime groups is 1. The van der Waals surface area contributed by atoms with Gasteiger partial charge in [-0.2, -0.15) is 0 Å². The van der Waals surface area contributed by atoms with Gasteiger partial charge < -0.3 is 9.94 Å². The lowest BCUT2D eigenvalue weighted by Crippen LogP contribution is -2.32. The Kier molecular flexibility index (Phi) is 3.90. The number of carbonyl (C=O) groups is 1. The summed E-state index contributed by atoms with van der Waals surface area (Å²) in [6.07, 6.45) is 1.43. The zero-order chi connectivity index (χ0) is 12.2. The van der Waals surface area contributed by atoms with E-state index in [9.17, 15) is 4.79 Å². The quantitative estimate of drug-likeness (QED) is 0.651. The second kappa shape index (κ2) is 4.99. The summed E-state index contributed by atoms with van der Waals surface area (Å²) in [4.78, 5) is 15.6. The Morgan fingerprint density at radius 2 is 2.00 bits per heavy atom. The number of nitrogens with zero attached hydrogens (tertiary/aromatic N) is 1. The molecule has 0 heterocycles. The molecule has 0 saturated heterocycles. The maximum Gasteiger partial charge on any atom is 0.350 e. The molecular weight excluding hydrogens is 230 g/mol. The van der Waals surface area contributed by atoms with E-state index in [1.807, 2.05) is 0 Å². The number of benzene rings is 1. The number of aliphatic carboxylic acids is 1. The van der Waals surface area contributed by atoms with E-state index in [4.69, 9.17) is 21.5 Å². The second-order valence-corrected chi connectivity index (χ2v) is 4.13. The molecule has 0 atom stereocenters. The van der Waals surface area contributed by atoms with Gasteiger partial charge in [0.25, 0.3) is 0 Å². The lowest BCUT2D eigenvalue weighted by molar-refractivity contribution is -0.161. The van der Waals surface area contributed by atoms with Gasteiger partial charge in [-0.05, 0) is 31.5 Å². The van der Waals surface area contributed by atoms with Crippen LogP contribution in [-0.2, 0) is 9.63 Å². The van der Waals surface area contributed by atoms with Gasteiger partial charge in [-0.1, -0.05) is 28.9 Å². The highest BCUT2D eigenvalue weighted by Gasteiger charge is 2.29. The lowest BCUT2D eigenvalue weighted by Gasteiger charge is -2.15. The van der Waals surface area contributed by atoms with Crippen molar-refractivity contribution in [3.63, 3.8) is 0 Å². The van der Waals surface area contributed by atoms with Crippen LogP contribution in [0, 0.1) is 0 Å². The highest BCUT2D eigenvalue weighted by Crippen LogP contribution is 2.10. The van der Waals surface area contributed by atoms with Crippen LogP contribution in [0.2, 0.25) is 5.02 Å². The molecule has 0 aliphatic rings. The van der Waals surface area contributed by atoms with Gasteiger partial charge in [0.2, 0.25) is 5.60 Å². The SMILES string of the molecule is CC(C)(ON=Cc1ccc(Cl)cc1)C(=O)O. The summed E-state index contributed by atoms with van der Waals surface area (Å²) in [5.74, 6) is -1.07. The minimum atomic E-state index is -1.33. The van der Waals surface area contributed by atoms with Crippen molar-refractivity contribution in [2.45, 2.75) is 19.4 Å². The van der Waals surface area contributed by atoms with Gasteiger partial charge in [0.1, 0.15) is 0 Å². The van der Waals surface area contributed by atoms with Crippen molar-refractivity contribution in [1.29, 1.82) is 0 Å². The summed E-state index contributed by atoms with van der Waals surface area (Å²) < 4.78 is 0. The molecule has 0 amide bonds. The van der Waals surface area contributed by atoms with E-state index in [1.165, 1.54) is 20.1 Å². The monoisotopic (exact) mass is 241 g/mol. The Balaban J connectivity index is 2.62. The van der Waals surface area contributed by atoms with E-state index >= 15 is 0 Å². The third-order valence-electron chi connectivity index (χ3n) is 1.87. The van der Waals surface area contributed by atoms with Crippen molar-refractivity contribution in [2.75, 3.05) is 0 Å². The van der Waals surface area contributed by atoms with Crippen LogP contribution < -0.4 is 0 Å². The predicted octanol–water partition coefficient (Wildman–Crippen LogP) is 2.55. The summed E-state index contributed by atoms with van der Waals surface area (Å²) in [7, 11) is 0. The van der Waals surface area contributed by atoms with E-state index in [2.05, 4.69) is 5.16 Å². The van der Waals surface area contributed by atoms with Crippen LogP contribution >= 0.6 is 11.6 Å². The molecule has 0 aliphatic carbocycles. The standard InChI is InChI=1S/C11H12ClNO3/c1-11(2,10(14)15)16-13-7-8-3-5-9(12)6-4-8/h3-7H,1-2H3,(H,14,15). The molecule has 4 nitrogen and oxygen atoms in total. The average molecular weight is 242 g/mol. The fourth-order valence-corrected chi connectivity index (χ4v) is 0.933. The molecule has 1 rings (SSSR count). The molecule has 1 aromatic rings. The lowest BCUT2D eigenvalue weighted by atomic mass is 10.1. The fraction of sp³-hybridized carbons (Fsp3) is 0.273. The molecule has 0 bridgehead atoms. The third kappa shape index (κ3) is 3.55. The topological polar surface area (TPSA) is 58.9 Å². The molecule has 86 valence electrons. The second-order valence-electron chi connectivity index (χ2n) is 3.69. The molecule has 5 heteroatoms. The maximum atomic E-state index is 10.7. The molecule has 0 radical (unpaired) electrons. The van der Waals surface area contributed by atoms with Gasteiger partial charge in [0.15, 0.2) is 0 Å². The van der Waals surface area contributed by atoms with E-state index in [0.717, 1.165) is 5.56 Å². The van der Waals surface area contributed by atoms with Crippen LogP contribution in [0.5, 0.6) is 0 Å². The van der Waals surface area contributed by atoms with Gasteiger partial charge in [-0.3, -0.25) is 0 Å². The van der Waals surface area contributed by atoms with E-state index in [-0.39, 0.29) is 0 Å². The molecule has 0 spiro atoms. The van der Waals surface area contributed by atoms with Gasteiger partial charge in [-0.25, -0.2) is 4.79 Å². The Labute approximate surface area is 98.5 Å². The van der Waals surface area contributed by atoms with Crippen LogP contribution in [0.1, 0.15) is 19.4 Å². The molecule has 0 fully saturated rings. The number of carboxylic acid groups (broad SMARTS) is 1. The molecular formula is C11H12ClNO3. The van der Waals surface area contributed by atoms with Crippen molar-refractivity contribution < 1.29 is 14.7 Å². The Morgan fingerprint density at radius 3 is 2.50 bits per heavy atom. The molecule has 0 aliphatic heterocycles. The predicted molar refractivity (Wildman–Crippen MR) is 61.8 cm³/mol. The first kappa shape index (κ1) is 12.5. The minimum absolute atomic E-state index is 0.629. The van der Waals surface area contributed by atoms with Gasteiger partial charge in [0, 0.05) is 5.02 Å². The van der Waals surface area contributed by atoms with Crippen LogP contribution in [0.4, 0.5) is 0 Å². The number of carboxylic acids is 1. The first-order chi connectivity index (χ1) is 7.42. The molecule has 16 heavy (non-hydrogen) atoms. The van der Waals surface area contributed by atoms with Crippen LogP contribution in [0.15, 0.2) is 29.4 Å². The average Bonchev–Trinajstić information content (AvgIpc) is 2.20. The zero-order valence-electron chi connectivity index (χ0n) is 8.98. The minimum Gasteiger partial charge on any atom is -0.478 e. The zero-order valence-corrected chi connectivity index (χ0v) is 9.73. The molecule has 0 saturated carbocycles. The van der Waals surface area contributed by atoms with Crippen molar-refractivity contribution in [2.24, 2.45) is 5.16 Å². The number of hydrogen-bond acceptors (Lipinski definition) is 3. The number of halogens is 1. The largest absolute Gasteiger partial charge is 0.478 e. The van der Waals surface area contributed by atoms with Gasteiger partial charge in [0.05, 0.1) is 6.21 Å². The van der Waals surface area contributed by atoms with Crippen molar-refractivity contribution >= 4 is 23.8 Å². The van der Waals surface area contributed by atoms with Crippen LogP contribution in [-0.4, -0.2) is 22.9 Å². The first-order valence-corrected chi connectivity index (χ1v) is 5.00. The summed E-state index contributed by atoms with van der Waals surface area (Å²) in [5.41, 5.74) is -0.547. The molecule has 1 N–H and O–H groups in total. The Bertz CT molecular complexity index is 398. The molecule has 1 aromatic carbocycles.